The molecule has 0 saturated heterocycles. The van der Waals surface area contributed by atoms with E-state index in [0.717, 1.165) is 4.70 Å². The van der Waals surface area contributed by atoms with Crippen molar-refractivity contribution in [2.45, 2.75) is 6.92 Å². The number of ketones is 1. The van der Waals surface area contributed by atoms with Crippen molar-refractivity contribution in [1.82, 2.24) is 9.55 Å². The number of methoxy groups -OCH3 is 1. The third-order valence-corrected chi connectivity index (χ3v) is 4.40. The van der Waals surface area contributed by atoms with Gasteiger partial charge in [-0.2, -0.15) is 0 Å². The lowest BCUT2D eigenvalue weighted by Crippen LogP contribution is -2.15. The largest absolute Gasteiger partial charge is 0.494 e. The first-order valence-corrected chi connectivity index (χ1v) is 7.73. The van der Waals surface area contributed by atoms with E-state index in [-0.39, 0.29) is 11.7 Å². The Bertz CT molecular complexity index is 911. The van der Waals surface area contributed by atoms with Crippen LogP contribution in [0, 0.1) is 0 Å². The summed E-state index contributed by atoms with van der Waals surface area (Å²) in [7, 11) is 3.31. The molecule has 0 saturated carbocycles. The van der Waals surface area contributed by atoms with E-state index in [1.165, 1.54) is 18.3 Å². The van der Waals surface area contributed by atoms with Crippen molar-refractivity contribution in [3.05, 3.63) is 41.7 Å². The quantitative estimate of drug-likeness (QED) is 0.747. The fourth-order valence-corrected chi connectivity index (χ4v) is 3.16. The highest BCUT2D eigenvalue weighted by molar-refractivity contribution is 7.22. The lowest BCUT2D eigenvalue weighted by Gasteiger charge is -2.02. The van der Waals surface area contributed by atoms with Crippen LogP contribution in [-0.4, -0.2) is 28.4 Å². The van der Waals surface area contributed by atoms with Gasteiger partial charge in [0.2, 0.25) is 0 Å². The van der Waals surface area contributed by atoms with Crippen LogP contribution in [0.2, 0.25) is 0 Å². The molecule has 0 spiro atoms. The minimum atomic E-state index is -0.307. The number of hydrogen-bond acceptors (Lipinski definition) is 5. The van der Waals surface area contributed by atoms with Crippen LogP contribution in [0.5, 0.6) is 5.75 Å². The molecule has 0 bridgehead atoms. The number of thiazole rings is 1. The number of benzene rings is 1. The Morgan fingerprint density at radius 2 is 2.13 bits per heavy atom. The lowest BCUT2D eigenvalue weighted by molar-refractivity contribution is 0.101. The molecule has 0 aliphatic carbocycles. The Balaban J connectivity index is 1.90. The number of aryl methyl sites for hydroxylation is 1. The van der Waals surface area contributed by atoms with Crippen molar-refractivity contribution < 1.29 is 14.3 Å². The fraction of sp³-hybridized carbons (Fsp3) is 0.188. The molecule has 0 radical (unpaired) electrons. The number of Topliss-reactive ketones (excluding diaryl/α,β-unsaturated/α-hetero) is 1. The number of fused-ring (bicyclic) bond motifs is 1. The molecule has 3 rings (SSSR count). The Hall–Kier alpha value is -2.67. The number of carbonyl (C=O) groups is 2. The molecule has 2 aromatic heterocycles. The number of anilines is 1. The number of nitrogens with one attached hydrogen (secondary N) is 1. The lowest BCUT2D eigenvalue weighted by atomic mass is 10.2. The van der Waals surface area contributed by atoms with Gasteiger partial charge in [0.05, 0.1) is 11.8 Å². The maximum Gasteiger partial charge on any atom is 0.274 e. The van der Waals surface area contributed by atoms with Gasteiger partial charge in [-0.1, -0.05) is 17.4 Å². The molecule has 1 aromatic carbocycles. The van der Waals surface area contributed by atoms with Gasteiger partial charge in [0, 0.05) is 18.8 Å². The van der Waals surface area contributed by atoms with Crippen molar-refractivity contribution >= 4 is 38.4 Å². The molecule has 7 heteroatoms. The summed E-state index contributed by atoms with van der Waals surface area (Å²) in [6.07, 6.45) is 1.64. The standard InChI is InChI=1S/C16H15N3O3S/c1-9(20)10-7-11(19(2)8-10)15(21)18-16-17-14-12(22-3)5-4-6-13(14)23-16/h4-8H,1-3H3,(H,17,18,21). The van der Waals surface area contributed by atoms with Crippen LogP contribution in [0.4, 0.5) is 5.13 Å². The van der Waals surface area contributed by atoms with Crippen molar-refractivity contribution in [3.8, 4) is 5.75 Å². The number of hydrogen-bond donors (Lipinski definition) is 1. The Kier molecular flexibility index (Phi) is 3.87. The maximum atomic E-state index is 12.4. The monoisotopic (exact) mass is 329 g/mol. The predicted octanol–water partition coefficient (Wildman–Crippen LogP) is 3.10. The molecule has 0 atom stereocenters. The van der Waals surface area contributed by atoms with Crippen LogP contribution in [0.3, 0.4) is 0 Å². The van der Waals surface area contributed by atoms with E-state index in [1.807, 2.05) is 18.2 Å². The number of nitrogens with zero attached hydrogens (tertiary/aromatic N) is 2. The molecule has 3 aromatic rings. The van der Waals surface area contributed by atoms with E-state index >= 15 is 0 Å². The molecular formula is C16H15N3O3S. The van der Waals surface area contributed by atoms with Crippen LogP contribution in [0.1, 0.15) is 27.8 Å². The molecule has 0 aliphatic heterocycles. The predicted molar refractivity (Wildman–Crippen MR) is 89.5 cm³/mol. The average Bonchev–Trinajstić information content (AvgIpc) is 3.09. The molecule has 1 amide bonds. The number of aromatic nitrogens is 2. The van der Waals surface area contributed by atoms with Gasteiger partial charge in [-0.25, -0.2) is 4.98 Å². The first-order valence-electron chi connectivity index (χ1n) is 6.92. The first kappa shape index (κ1) is 15.2. The summed E-state index contributed by atoms with van der Waals surface area (Å²) in [5.74, 6) is 0.277. The van der Waals surface area contributed by atoms with Gasteiger partial charge in [0.15, 0.2) is 10.9 Å². The van der Waals surface area contributed by atoms with E-state index in [1.54, 1.807) is 31.0 Å². The smallest absolute Gasteiger partial charge is 0.274 e. The molecule has 1 N–H and O–H groups in total. The highest BCUT2D eigenvalue weighted by Gasteiger charge is 2.16. The van der Waals surface area contributed by atoms with Gasteiger partial charge in [0.1, 0.15) is 17.0 Å². The summed E-state index contributed by atoms with van der Waals surface area (Å²) in [5, 5.41) is 3.26. The topological polar surface area (TPSA) is 73.2 Å². The molecule has 118 valence electrons. The number of amides is 1. The normalized spacial score (nSPS) is 10.7. The third kappa shape index (κ3) is 2.83. The molecule has 0 fully saturated rings. The van der Waals surface area contributed by atoms with Crippen molar-refractivity contribution in [1.29, 1.82) is 0 Å². The zero-order chi connectivity index (χ0) is 16.6. The zero-order valence-corrected chi connectivity index (χ0v) is 13.7. The Labute approximate surface area is 136 Å². The van der Waals surface area contributed by atoms with Crippen LogP contribution in [0.25, 0.3) is 10.2 Å². The van der Waals surface area contributed by atoms with Gasteiger partial charge in [-0.05, 0) is 25.1 Å². The fourth-order valence-electron chi connectivity index (χ4n) is 2.29. The van der Waals surface area contributed by atoms with Crippen LogP contribution in [0.15, 0.2) is 30.5 Å². The van der Waals surface area contributed by atoms with E-state index in [0.29, 0.717) is 27.7 Å². The molecule has 6 nitrogen and oxygen atoms in total. The third-order valence-electron chi connectivity index (χ3n) is 3.47. The minimum absolute atomic E-state index is 0.0793. The molecular weight excluding hydrogens is 314 g/mol. The second kappa shape index (κ2) is 5.85. The van der Waals surface area contributed by atoms with E-state index in [9.17, 15) is 9.59 Å². The Morgan fingerprint density at radius 3 is 2.78 bits per heavy atom. The van der Waals surface area contributed by atoms with E-state index in [4.69, 9.17) is 4.74 Å². The summed E-state index contributed by atoms with van der Waals surface area (Å²) in [6, 6.07) is 7.19. The summed E-state index contributed by atoms with van der Waals surface area (Å²) < 4.78 is 7.82. The second-order valence-electron chi connectivity index (χ2n) is 5.06. The Morgan fingerprint density at radius 1 is 1.35 bits per heavy atom. The number of para-hydroxylation sites is 1. The first-order chi connectivity index (χ1) is 11.0. The molecule has 0 aliphatic rings. The summed E-state index contributed by atoms with van der Waals surface area (Å²) in [6.45, 7) is 1.47. The number of ether oxygens (including phenoxy) is 1. The highest BCUT2D eigenvalue weighted by atomic mass is 32.1. The zero-order valence-electron chi connectivity index (χ0n) is 12.9. The second-order valence-corrected chi connectivity index (χ2v) is 6.09. The molecule has 0 unspecified atom stereocenters. The van der Waals surface area contributed by atoms with Crippen LogP contribution >= 0.6 is 11.3 Å². The number of carbonyl (C=O) groups excluding carboxylic acids is 2. The summed E-state index contributed by atoms with van der Waals surface area (Å²) in [4.78, 5) is 28.2. The van der Waals surface area contributed by atoms with E-state index in [2.05, 4.69) is 10.3 Å². The van der Waals surface area contributed by atoms with Crippen LogP contribution < -0.4 is 10.1 Å². The SMILES string of the molecule is COc1cccc2sc(NC(=O)c3cc(C(C)=O)cn3C)nc12. The van der Waals surface area contributed by atoms with E-state index < -0.39 is 0 Å². The minimum Gasteiger partial charge on any atom is -0.494 e. The van der Waals surface area contributed by atoms with Crippen LogP contribution in [-0.2, 0) is 7.05 Å². The van der Waals surface area contributed by atoms with Gasteiger partial charge in [-0.3, -0.25) is 14.9 Å². The maximum absolute atomic E-state index is 12.4. The van der Waals surface area contributed by atoms with Gasteiger partial charge >= 0.3 is 0 Å². The van der Waals surface area contributed by atoms with Crippen molar-refractivity contribution in [2.24, 2.45) is 7.05 Å². The molecule has 23 heavy (non-hydrogen) atoms. The van der Waals surface area contributed by atoms with Crippen molar-refractivity contribution in [3.63, 3.8) is 0 Å². The van der Waals surface area contributed by atoms with Gasteiger partial charge in [-0.15, -0.1) is 0 Å². The van der Waals surface area contributed by atoms with Gasteiger partial charge in [0.25, 0.3) is 5.91 Å². The summed E-state index contributed by atoms with van der Waals surface area (Å²) in [5.41, 5.74) is 1.62. The molecule has 2 heterocycles. The van der Waals surface area contributed by atoms with Crippen molar-refractivity contribution in [2.75, 3.05) is 12.4 Å². The summed E-state index contributed by atoms with van der Waals surface area (Å²) >= 11 is 1.37. The number of rotatable bonds is 4. The average molecular weight is 329 g/mol. The van der Waals surface area contributed by atoms with Gasteiger partial charge < -0.3 is 9.30 Å². The highest BCUT2D eigenvalue weighted by Crippen LogP contribution is 2.32.